The highest BCUT2D eigenvalue weighted by Crippen LogP contribution is 2.43. The number of esters is 2. The zero-order valence-electron chi connectivity index (χ0n) is 20.0. The van der Waals surface area contributed by atoms with Gasteiger partial charge in [-0.1, -0.05) is 65.2 Å². The molecular weight excluding hydrogens is 455 g/mol. The molecule has 3 atom stereocenters. The molecule has 0 aromatic carbocycles. The first kappa shape index (κ1) is 32.0. The molecule has 0 amide bonds. The first-order valence-electron chi connectivity index (χ1n) is 12.0. The molecule has 2 unspecified atom stereocenters. The Morgan fingerprint density at radius 2 is 1.33 bits per heavy atom. The summed E-state index contributed by atoms with van der Waals surface area (Å²) in [7, 11) is -4.91. The highest BCUT2D eigenvalue weighted by Gasteiger charge is 2.37. The van der Waals surface area contributed by atoms with Gasteiger partial charge in [-0.25, -0.2) is 0 Å². The van der Waals surface area contributed by atoms with Crippen molar-refractivity contribution < 1.29 is 48.4 Å². The van der Waals surface area contributed by atoms with E-state index in [1.165, 1.54) is 0 Å². The summed E-state index contributed by atoms with van der Waals surface area (Å²) in [6.07, 6.45) is 6.95. The van der Waals surface area contributed by atoms with Gasteiger partial charge in [0, 0.05) is 12.8 Å². The predicted octanol–water partition coefficient (Wildman–Crippen LogP) is 3.04. The minimum Gasteiger partial charge on any atom is -0.462 e. The molecule has 10 nitrogen and oxygen atoms in total. The van der Waals surface area contributed by atoms with Crippen LogP contribution in [-0.2, 0) is 28.4 Å². The summed E-state index contributed by atoms with van der Waals surface area (Å²) in [5, 5.41) is 18.7. The molecule has 4 N–H and O–H groups in total. The molecule has 0 radical (unpaired) electrons. The van der Waals surface area contributed by atoms with Crippen molar-refractivity contribution in [3.05, 3.63) is 0 Å². The van der Waals surface area contributed by atoms with E-state index in [1.807, 2.05) is 0 Å². The van der Waals surface area contributed by atoms with E-state index in [2.05, 4.69) is 13.8 Å². The van der Waals surface area contributed by atoms with Gasteiger partial charge in [0.1, 0.15) is 12.7 Å². The fraction of sp³-hybridized carbons (Fsp3) is 0.909. The SMILES string of the molecule is CCCCCCCC(=O)OC[C@H](COC(C(O)CO)P(=O)(O)O)OC(=O)CCCCCCC. The quantitative estimate of drug-likeness (QED) is 0.105. The van der Waals surface area contributed by atoms with Crippen LogP contribution in [0.5, 0.6) is 0 Å². The maximum atomic E-state index is 12.2. The van der Waals surface area contributed by atoms with Gasteiger partial charge in [0.25, 0.3) is 0 Å². The van der Waals surface area contributed by atoms with E-state index in [9.17, 15) is 29.0 Å². The van der Waals surface area contributed by atoms with Crippen molar-refractivity contribution in [2.45, 2.75) is 109 Å². The standard InChI is InChI=1S/C22H43O10P/c1-3-5-7-9-11-13-20(25)30-16-18(32-21(26)14-12-10-8-6-4-2)17-31-22(19(24)15-23)33(27,28)29/h18-19,22-24H,3-17H2,1-2H3,(H2,27,28,29)/t18-,19?,22?/m1/s1. The van der Waals surface area contributed by atoms with Gasteiger partial charge in [-0.2, -0.15) is 0 Å². The molecule has 0 aromatic rings. The molecule has 0 heterocycles. The molecule has 0 spiro atoms. The molecule has 0 aliphatic heterocycles. The lowest BCUT2D eigenvalue weighted by Crippen LogP contribution is -2.37. The molecule has 0 aliphatic carbocycles. The number of rotatable bonds is 21. The second kappa shape index (κ2) is 19.3. The topological polar surface area (TPSA) is 160 Å². The van der Waals surface area contributed by atoms with E-state index < -0.39 is 50.8 Å². The van der Waals surface area contributed by atoms with Crippen LogP contribution < -0.4 is 0 Å². The Kier molecular flexibility index (Phi) is 18.7. The number of hydrogen-bond acceptors (Lipinski definition) is 8. The lowest BCUT2D eigenvalue weighted by Gasteiger charge is -2.25. The Morgan fingerprint density at radius 3 is 1.82 bits per heavy atom. The molecule has 196 valence electrons. The van der Waals surface area contributed by atoms with E-state index >= 15 is 0 Å². The number of aliphatic hydroxyl groups excluding tert-OH is 2. The highest BCUT2D eigenvalue weighted by atomic mass is 31.2. The van der Waals surface area contributed by atoms with Gasteiger partial charge in [0.15, 0.2) is 11.9 Å². The minimum atomic E-state index is -4.91. The zero-order chi connectivity index (χ0) is 25.1. The monoisotopic (exact) mass is 498 g/mol. The smallest absolute Gasteiger partial charge is 0.356 e. The molecule has 0 saturated carbocycles. The fourth-order valence-electron chi connectivity index (χ4n) is 3.09. The van der Waals surface area contributed by atoms with Crippen LogP contribution in [0.25, 0.3) is 0 Å². The molecule has 0 aliphatic rings. The van der Waals surface area contributed by atoms with Gasteiger partial charge < -0.3 is 34.2 Å². The summed E-state index contributed by atoms with van der Waals surface area (Å²) in [6.45, 7) is 2.41. The Bertz CT molecular complexity index is 565. The highest BCUT2D eigenvalue weighted by molar-refractivity contribution is 7.52. The molecule has 0 saturated heterocycles. The number of ether oxygens (including phenoxy) is 3. The lowest BCUT2D eigenvalue weighted by molar-refractivity contribution is -0.164. The average molecular weight is 499 g/mol. The van der Waals surface area contributed by atoms with Crippen LogP contribution in [0.3, 0.4) is 0 Å². The lowest BCUT2D eigenvalue weighted by atomic mass is 10.1. The third-order valence-electron chi connectivity index (χ3n) is 5.00. The molecule has 0 bridgehead atoms. The van der Waals surface area contributed by atoms with Gasteiger partial charge in [-0.05, 0) is 12.8 Å². The van der Waals surface area contributed by atoms with Crippen LogP contribution in [0.2, 0.25) is 0 Å². The van der Waals surface area contributed by atoms with Gasteiger partial charge >= 0.3 is 19.5 Å². The molecule has 0 rings (SSSR count). The molecule has 0 fully saturated rings. The van der Waals surface area contributed by atoms with Crippen molar-refractivity contribution in [3.8, 4) is 0 Å². The normalized spacial score (nSPS) is 14.5. The Hall–Kier alpha value is -1.03. The van der Waals surface area contributed by atoms with Gasteiger partial charge in [0.05, 0.1) is 13.2 Å². The molecular formula is C22H43O10P. The van der Waals surface area contributed by atoms with Gasteiger partial charge in [-0.15, -0.1) is 0 Å². The number of aliphatic hydroxyl groups is 2. The molecule has 33 heavy (non-hydrogen) atoms. The van der Waals surface area contributed by atoms with Crippen LogP contribution in [-0.4, -0.2) is 69.8 Å². The summed E-state index contributed by atoms with van der Waals surface area (Å²) in [6, 6.07) is 0. The Labute approximate surface area is 197 Å². The number of carbonyl (C=O) groups excluding carboxylic acids is 2. The average Bonchev–Trinajstić information content (AvgIpc) is 2.75. The number of hydrogen-bond donors (Lipinski definition) is 4. The third kappa shape index (κ3) is 17.1. The Morgan fingerprint density at radius 1 is 0.818 bits per heavy atom. The number of unbranched alkanes of at least 4 members (excludes halogenated alkanes) is 8. The largest absolute Gasteiger partial charge is 0.462 e. The molecule has 11 heteroatoms. The summed E-state index contributed by atoms with van der Waals surface area (Å²) in [5.41, 5.74) is 0. The van der Waals surface area contributed by atoms with Crippen molar-refractivity contribution in [2.75, 3.05) is 19.8 Å². The van der Waals surface area contributed by atoms with Gasteiger partial charge in [0.2, 0.25) is 0 Å². The van der Waals surface area contributed by atoms with Crippen molar-refractivity contribution in [1.29, 1.82) is 0 Å². The predicted molar refractivity (Wildman–Crippen MR) is 122 cm³/mol. The van der Waals surface area contributed by atoms with Crippen LogP contribution in [0.4, 0.5) is 0 Å². The van der Waals surface area contributed by atoms with E-state index in [4.69, 9.17) is 19.3 Å². The van der Waals surface area contributed by atoms with Crippen LogP contribution in [0.1, 0.15) is 90.9 Å². The van der Waals surface area contributed by atoms with Crippen molar-refractivity contribution in [2.24, 2.45) is 0 Å². The summed E-state index contributed by atoms with van der Waals surface area (Å²) < 4.78 is 27.1. The Balaban J connectivity index is 4.78. The van der Waals surface area contributed by atoms with Crippen molar-refractivity contribution in [3.63, 3.8) is 0 Å². The second-order valence-corrected chi connectivity index (χ2v) is 9.87. The summed E-state index contributed by atoms with van der Waals surface area (Å²) in [4.78, 5) is 42.9. The maximum absolute atomic E-state index is 12.2. The van der Waals surface area contributed by atoms with Crippen molar-refractivity contribution in [1.82, 2.24) is 0 Å². The van der Waals surface area contributed by atoms with Crippen LogP contribution >= 0.6 is 7.60 Å². The van der Waals surface area contributed by atoms with E-state index in [0.717, 1.165) is 51.4 Å². The fourth-order valence-corrected chi connectivity index (χ4v) is 3.92. The zero-order valence-corrected chi connectivity index (χ0v) is 20.9. The summed E-state index contributed by atoms with van der Waals surface area (Å²) >= 11 is 0. The van der Waals surface area contributed by atoms with Crippen LogP contribution in [0, 0.1) is 0 Å². The third-order valence-corrected chi connectivity index (χ3v) is 6.15. The van der Waals surface area contributed by atoms with E-state index in [-0.39, 0.29) is 19.4 Å². The van der Waals surface area contributed by atoms with Crippen molar-refractivity contribution >= 4 is 19.5 Å². The minimum absolute atomic E-state index is 0.159. The van der Waals surface area contributed by atoms with Gasteiger partial charge in [-0.3, -0.25) is 14.2 Å². The first-order chi connectivity index (χ1) is 15.6. The molecule has 0 aromatic heterocycles. The van der Waals surface area contributed by atoms with E-state index in [0.29, 0.717) is 12.8 Å². The van der Waals surface area contributed by atoms with Crippen LogP contribution in [0.15, 0.2) is 0 Å². The summed E-state index contributed by atoms with van der Waals surface area (Å²) in [5.74, 6) is -2.99. The number of carbonyl (C=O) groups is 2. The first-order valence-corrected chi connectivity index (χ1v) is 13.6. The maximum Gasteiger partial charge on any atom is 0.356 e. The van der Waals surface area contributed by atoms with E-state index in [1.54, 1.807) is 0 Å². The second-order valence-electron chi connectivity index (χ2n) is 8.19.